The van der Waals surface area contributed by atoms with E-state index in [0.717, 1.165) is 66.4 Å². The van der Waals surface area contributed by atoms with Crippen molar-refractivity contribution >= 4 is 49.3 Å². The topological polar surface area (TPSA) is 43.1 Å². The third-order valence-electron chi connectivity index (χ3n) is 8.03. The Bertz CT molecular complexity index is 2260. The molecule has 4 aromatic heterocycles. The first kappa shape index (κ1) is 25.6. The molecule has 4 aromatic carbocycles. The Labute approximate surface area is 252 Å². The number of fused-ring (bicyclic) bond motifs is 9. The van der Waals surface area contributed by atoms with Gasteiger partial charge in [0.2, 0.25) is 0 Å². The molecule has 5 heteroatoms. The molecular formula is C36H24N4Pt. The van der Waals surface area contributed by atoms with Crippen molar-refractivity contribution in [3.05, 3.63) is 133 Å². The zero-order valence-electron chi connectivity index (χ0n) is 22.5. The third-order valence-corrected chi connectivity index (χ3v) is 8.03. The van der Waals surface area contributed by atoms with Gasteiger partial charge >= 0.3 is 21.1 Å². The summed E-state index contributed by atoms with van der Waals surface area (Å²) in [6, 6.07) is 42.5. The van der Waals surface area contributed by atoms with Gasteiger partial charge in [0.05, 0.1) is 11.0 Å². The molecule has 0 N–H and O–H groups in total. The maximum absolute atomic E-state index is 5.32. The maximum Gasteiger partial charge on any atom is 2.00 e. The zero-order chi connectivity index (χ0) is 26.8. The number of aromatic nitrogens is 4. The SMILES string of the molecule is CC(C)(c1[c-]c(-c2cc3ccccc3cn2)ccc1)c1ccc2c(n1)c1[c-]cccc1c1nc3ccccc3n21.[Pt+2]. The van der Waals surface area contributed by atoms with Crippen molar-refractivity contribution in [2.24, 2.45) is 0 Å². The van der Waals surface area contributed by atoms with Crippen LogP contribution in [0.5, 0.6) is 0 Å². The van der Waals surface area contributed by atoms with Crippen molar-refractivity contribution in [3.8, 4) is 11.3 Å². The Hall–Kier alpha value is -4.40. The summed E-state index contributed by atoms with van der Waals surface area (Å²) in [4.78, 5) is 15.0. The minimum Gasteiger partial charge on any atom is -0.307 e. The molecule has 0 fully saturated rings. The minimum atomic E-state index is -0.395. The van der Waals surface area contributed by atoms with Gasteiger partial charge in [-0.05, 0) is 40.7 Å². The van der Waals surface area contributed by atoms with E-state index in [1.54, 1.807) is 0 Å². The van der Waals surface area contributed by atoms with E-state index in [9.17, 15) is 0 Å². The third kappa shape index (κ3) is 3.97. The normalized spacial score (nSPS) is 12.0. The van der Waals surface area contributed by atoms with Crippen molar-refractivity contribution < 1.29 is 21.1 Å². The number of rotatable bonds is 3. The summed E-state index contributed by atoms with van der Waals surface area (Å²) in [6.07, 6.45) is 1.93. The van der Waals surface area contributed by atoms with Crippen molar-refractivity contribution in [1.29, 1.82) is 0 Å². The second-order valence-corrected chi connectivity index (χ2v) is 10.8. The van der Waals surface area contributed by atoms with E-state index in [2.05, 4.69) is 109 Å². The van der Waals surface area contributed by atoms with Gasteiger partial charge in [-0.15, -0.1) is 65.0 Å². The van der Waals surface area contributed by atoms with Crippen molar-refractivity contribution in [1.82, 2.24) is 19.4 Å². The number of imidazole rings is 1. The van der Waals surface area contributed by atoms with Crippen LogP contribution < -0.4 is 0 Å². The van der Waals surface area contributed by atoms with Crippen LogP contribution in [-0.2, 0) is 26.5 Å². The average Bonchev–Trinajstić information content (AvgIpc) is 3.41. The van der Waals surface area contributed by atoms with Crippen LogP contribution >= 0.6 is 0 Å². The van der Waals surface area contributed by atoms with Crippen LogP contribution in [0.2, 0.25) is 0 Å². The number of hydrogen-bond acceptors (Lipinski definition) is 3. The van der Waals surface area contributed by atoms with E-state index < -0.39 is 5.41 Å². The molecule has 4 heterocycles. The van der Waals surface area contributed by atoms with Gasteiger partial charge in [0.15, 0.2) is 0 Å². The summed E-state index contributed by atoms with van der Waals surface area (Å²) in [6.45, 7) is 4.42. The molecule has 4 nitrogen and oxygen atoms in total. The molecule has 198 valence electrons. The number of nitrogens with zero attached hydrogens (tertiary/aromatic N) is 4. The van der Waals surface area contributed by atoms with Crippen molar-refractivity contribution in [2.45, 2.75) is 19.3 Å². The molecule has 0 amide bonds. The first-order valence-corrected chi connectivity index (χ1v) is 13.5. The van der Waals surface area contributed by atoms with Crippen LogP contribution in [-0.4, -0.2) is 19.4 Å². The summed E-state index contributed by atoms with van der Waals surface area (Å²) in [5.74, 6) is 0. The summed E-state index contributed by atoms with van der Waals surface area (Å²) < 4.78 is 2.22. The molecule has 0 aliphatic carbocycles. The molecule has 0 saturated carbocycles. The standard InChI is InChI=1S/C36H24N4.Pt/c1-36(2,26-13-9-12-24(20-26)30-21-23-10-3-4-11-25(23)22-37-30)33-19-18-32-34(39-33)27-14-5-6-15-28(27)35-38-29-16-7-8-17-31(29)40(32)35;/h3-13,15-19,21-22H,1-2H3;/q-2;+2. The Morgan fingerprint density at radius 3 is 2.49 bits per heavy atom. The van der Waals surface area contributed by atoms with Gasteiger partial charge in [-0.1, -0.05) is 61.7 Å². The van der Waals surface area contributed by atoms with Gasteiger partial charge in [0, 0.05) is 28.3 Å². The van der Waals surface area contributed by atoms with Crippen LogP contribution in [0.1, 0.15) is 25.1 Å². The fourth-order valence-corrected chi connectivity index (χ4v) is 5.79. The predicted octanol–water partition coefficient (Wildman–Crippen LogP) is 8.33. The maximum atomic E-state index is 5.32. The number of benzene rings is 4. The summed E-state index contributed by atoms with van der Waals surface area (Å²) >= 11 is 0. The molecule has 0 bridgehead atoms. The second kappa shape index (κ2) is 9.61. The van der Waals surface area contributed by atoms with E-state index in [1.165, 1.54) is 5.39 Å². The van der Waals surface area contributed by atoms with E-state index in [4.69, 9.17) is 15.0 Å². The van der Waals surface area contributed by atoms with Crippen LogP contribution in [0.25, 0.3) is 60.5 Å². The molecule has 0 radical (unpaired) electrons. The fraction of sp³-hybridized carbons (Fsp3) is 0.0833. The largest absolute Gasteiger partial charge is 2.00 e. The smallest absolute Gasteiger partial charge is 0.307 e. The molecule has 0 saturated heterocycles. The van der Waals surface area contributed by atoms with Gasteiger partial charge in [0.1, 0.15) is 5.65 Å². The Morgan fingerprint density at radius 2 is 1.59 bits per heavy atom. The van der Waals surface area contributed by atoms with Crippen LogP contribution in [0.3, 0.4) is 0 Å². The van der Waals surface area contributed by atoms with Gasteiger partial charge < -0.3 is 9.38 Å². The molecule has 0 aliphatic rings. The number of pyridine rings is 3. The van der Waals surface area contributed by atoms with Gasteiger partial charge in [-0.2, -0.15) is 0 Å². The summed E-state index contributed by atoms with van der Waals surface area (Å²) in [5.41, 5.74) is 8.45. The van der Waals surface area contributed by atoms with E-state index >= 15 is 0 Å². The van der Waals surface area contributed by atoms with Gasteiger partial charge in [-0.25, -0.2) is 4.98 Å². The summed E-state index contributed by atoms with van der Waals surface area (Å²) in [5, 5.41) is 4.33. The molecule has 0 spiro atoms. The molecule has 0 atom stereocenters. The van der Waals surface area contributed by atoms with Crippen molar-refractivity contribution in [3.63, 3.8) is 0 Å². The van der Waals surface area contributed by atoms with Crippen molar-refractivity contribution in [2.75, 3.05) is 0 Å². The quantitative estimate of drug-likeness (QED) is 0.137. The number of para-hydroxylation sites is 2. The number of hydrogen-bond donors (Lipinski definition) is 0. The minimum absolute atomic E-state index is 0. The Morgan fingerprint density at radius 1 is 0.756 bits per heavy atom. The second-order valence-electron chi connectivity index (χ2n) is 10.8. The Kier molecular flexibility index (Phi) is 5.99. The first-order valence-electron chi connectivity index (χ1n) is 13.5. The Balaban J connectivity index is 0.00000276. The first-order chi connectivity index (χ1) is 19.6. The molecule has 8 rings (SSSR count). The molecule has 41 heavy (non-hydrogen) atoms. The van der Waals surface area contributed by atoms with E-state index in [0.29, 0.717) is 0 Å². The average molecular weight is 708 g/mol. The molecule has 0 aliphatic heterocycles. The van der Waals surface area contributed by atoms with Gasteiger partial charge in [-0.3, -0.25) is 4.98 Å². The van der Waals surface area contributed by atoms with Crippen LogP contribution in [0, 0.1) is 12.1 Å². The van der Waals surface area contributed by atoms with Gasteiger partial charge in [0.25, 0.3) is 0 Å². The molecular weight excluding hydrogens is 684 g/mol. The zero-order valence-corrected chi connectivity index (χ0v) is 24.8. The van der Waals surface area contributed by atoms with E-state index in [1.807, 2.05) is 30.5 Å². The van der Waals surface area contributed by atoms with Crippen LogP contribution in [0.4, 0.5) is 0 Å². The predicted molar refractivity (Wildman–Crippen MR) is 162 cm³/mol. The van der Waals surface area contributed by atoms with Crippen LogP contribution in [0.15, 0.2) is 109 Å². The molecule has 0 unspecified atom stereocenters. The molecule has 8 aromatic rings. The monoisotopic (exact) mass is 707 g/mol. The fourth-order valence-electron chi connectivity index (χ4n) is 5.79. The summed E-state index contributed by atoms with van der Waals surface area (Å²) in [7, 11) is 0. The van der Waals surface area contributed by atoms with E-state index in [-0.39, 0.29) is 21.1 Å².